The Bertz CT molecular complexity index is 540. The SMILES string of the molecule is Cc1cc(N)cc(C)c1NS(=O)(=O)N1CCCCC1. The van der Waals surface area contributed by atoms with Gasteiger partial charge in [0.1, 0.15) is 0 Å². The zero-order valence-corrected chi connectivity index (χ0v) is 12.3. The molecule has 19 heavy (non-hydrogen) atoms. The van der Waals surface area contributed by atoms with Crippen LogP contribution in [-0.4, -0.2) is 25.8 Å². The zero-order chi connectivity index (χ0) is 14.0. The summed E-state index contributed by atoms with van der Waals surface area (Å²) < 4.78 is 28.9. The van der Waals surface area contributed by atoms with E-state index in [4.69, 9.17) is 5.73 Å². The quantitative estimate of drug-likeness (QED) is 0.833. The van der Waals surface area contributed by atoms with Crippen molar-refractivity contribution < 1.29 is 8.42 Å². The maximum Gasteiger partial charge on any atom is 0.301 e. The number of aryl methyl sites for hydroxylation is 2. The number of nitrogens with zero attached hydrogens (tertiary/aromatic N) is 1. The Morgan fingerprint density at radius 1 is 1.11 bits per heavy atom. The number of anilines is 2. The fraction of sp³-hybridized carbons (Fsp3) is 0.538. The third-order valence-corrected chi connectivity index (χ3v) is 4.95. The largest absolute Gasteiger partial charge is 0.399 e. The molecule has 1 fully saturated rings. The van der Waals surface area contributed by atoms with Gasteiger partial charge in [-0.25, -0.2) is 0 Å². The number of benzene rings is 1. The van der Waals surface area contributed by atoms with Crippen LogP contribution in [0.3, 0.4) is 0 Å². The van der Waals surface area contributed by atoms with Gasteiger partial charge in [0.05, 0.1) is 5.69 Å². The average Bonchev–Trinajstić information content (AvgIpc) is 2.35. The highest BCUT2D eigenvalue weighted by atomic mass is 32.2. The molecule has 0 spiro atoms. The van der Waals surface area contributed by atoms with Gasteiger partial charge in [0.2, 0.25) is 0 Å². The summed E-state index contributed by atoms with van der Waals surface area (Å²) in [6, 6.07) is 3.56. The Morgan fingerprint density at radius 3 is 2.16 bits per heavy atom. The van der Waals surface area contributed by atoms with Gasteiger partial charge in [-0.2, -0.15) is 12.7 Å². The molecule has 1 aromatic carbocycles. The van der Waals surface area contributed by atoms with Crippen LogP contribution >= 0.6 is 0 Å². The van der Waals surface area contributed by atoms with Gasteiger partial charge >= 0.3 is 10.2 Å². The number of rotatable bonds is 3. The molecule has 106 valence electrons. The highest BCUT2D eigenvalue weighted by Crippen LogP contribution is 2.25. The van der Waals surface area contributed by atoms with Gasteiger partial charge in [0.25, 0.3) is 0 Å². The van der Waals surface area contributed by atoms with Crippen LogP contribution < -0.4 is 10.5 Å². The summed E-state index contributed by atoms with van der Waals surface area (Å²) in [5.74, 6) is 0. The number of nitrogens with one attached hydrogen (secondary N) is 1. The topological polar surface area (TPSA) is 75.4 Å². The van der Waals surface area contributed by atoms with Gasteiger partial charge < -0.3 is 5.73 Å². The van der Waals surface area contributed by atoms with E-state index in [1.165, 1.54) is 4.31 Å². The minimum atomic E-state index is -3.45. The number of hydrogen-bond donors (Lipinski definition) is 2. The maximum atomic E-state index is 12.3. The third kappa shape index (κ3) is 3.19. The third-order valence-electron chi connectivity index (χ3n) is 3.44. The van der Waals surface area contributed by atoms with Crippen molar-refractivity contribution in [2.24, 2.45) is 0 Å². The lowest BCUT2D eigenvalue weighted by atomic mass is 10.1. The molecule has 0 saturated carbocycles. The van der Waals surface area contributed by atoms with Crippen LogP contribution in [0.4, 0.5) is 11.4 Å². The van der Waals surface area contributed by atoms with Crippen LogP contribution in [0.15, 0.2) is 12.1 Å². The second kappa shape index (κ2) is 5.38. The summed E-state index contributed by atoms with van der Waals surface area (Å²) in [4.78, 5) is 0. The van der Waals surface area contributed by atoms with Crippen LogP contribution in [0.1, 0.15) is 30.4 Å². The van der Waals surface area contributed by atoms with E-state index in [2.05, 4.69) is 4.72 Å². The molecule has 1 aliphatic rings. The molecule has 6 heteroatoms. The number of piperidine rings is 1. The second-order valence-corrected chi connectivity index (χ2v) is 6.77. The van der Waals surface area contributed by atoms with Crippen LogP contribution in [0.25, 0.3) is 0 Å². The first-order valence-electron chi connectivity index (χ1n) is 6.55. The van der Waals surface area contributed by atoms with Crippen LogP contribution in [0.2, 0.25) is 0 Å². The first-order valence-corrected chi connectivity index (χ1v) is 7.99. The average molecular weight is 283 g/mol. The predicted molar refractivity (Wildman–Crippen MR) is 78.3 cm³/mol. The summed E-state index contributed by atoms with van der Waals surface area (Å²) in [7, 11) is -3.45. The van der Waals surface area contributed by atoms with Gasteiger partial charge in [-0.1, -0.05) is 6.42 Å². The van der Waals surface area contributed by atoms with Gasteiger partial charge in [0, 0.05) is 18.8 Å². The Hall–Kier alpha value is -1.27. The number of nitrogen functional groups attached to an aromatic ring is 1. The highest BCUT2D eigenvalue weighted by molar-refractivity contribution is 7.90. The van der Waals surface area contributed by atoms with Crippen LogP contribution in [0, 0.1) is 13.8 Å². The molecule has 0 amide bonds. The van der Waals surface area contributed by atoms with Gasteiger partial charge in [-0.3, -0.25) is 4.72 Å². The Labute approximate surface area is 115 Å². The molecule has 1 heterocycles. The van der Waals surface area contributed by atoms with Crippen molar-refractivity contribution in [3.8, 4) is 0 Å². The molecule has 0 atom stereocenters. The minimum absolute atomic E-state index is 0.600. The Kier molecular flexibility index (Phi) is 4.01. The van der Waals surface area contributed by atoms with Crippen molar-refractivity contribution in [2.75, 3.05) is 23.5 Å². The minimum Gasteiger partial charge on any atom is -0.399 e. The van der Waals surface area contributed by atoms with Gasteiger partial charge in [-0.05, 0) is 49.9 Å². The van der Waals surface area contributed by atoms with Crippen molar-refractivity contribution >= 4 is 21.6 Å². The van der Waals surface area contributed by atoms with E-state index in [1.807, 2.05) is 13.8 Å². The first-order chi connectivity index (χ1) is 8.90. The molecule has 0 aromatic heterocycles. The highest BCUT2D eigenvalue weighted by Gasteiger charge is 2.24. The fourth-order valence-corrected chi connectivity index (χ4v) is 3.90. The van der Waals surface area contributed by atoms with E-state index in [-0.39, 0.29) is 0 Å². The van der Waals surface area contributed by atoms with Crippen molar-refractivity contribution in [3.05, 3.63) is 23.3 Å². The van der Waals surface area contributed by atoms with E-state index in [0.29, 0.717) is 24.5 Å². The summed E-state index contributed by atoms with van der Waals surface area (Å²) in [6.07, 6.45) is 2.97. The number of hydrogen-bond acceptors (Lipinski definition) is 3. The van der Waals surface area contributed by atoms with Crippen LogP contribution in [0.5, 0.6) is 0 Å². The first kappa shape index (κ1) is 14.1. The molecule has 3 N–H and O–H groups in total. The van der Waals surface area contributed by atoms with Crippen LogP contribution in [-0.2, 0) is 10.2 Å². The summed E-state index contributed by atoms with van der Waals surface area (Å²) in [6.45, 7) is 4.92. The normalized spacial score (nSPS) is 17.4. The standard InChI is InChI=1S/C13H21N3O2S/c1-10-8-12(14)9-11(2)13(10)15-19(17,18)16-6-4-3-5-7-16/h8-9,15H,3-7,14H2,1-2H3. The van der Waals surface area contributed by atoms with E-state index in [9.17, 15) is 8.42 Å². The maximum absolute atomic E-state index is 12.3. The van der Waals surface area contributed by atoms with Crippen molar-refractivity contribution in [3.63, 3.8) is 0 Å². The van der Waals surface area contributed by atoms with Gasteiger partial charge in [0.15, 0.2) is 0 Å². The van der Waals surface area contributed by atoms with E-state index in [0.717, 1.165) is 30.4 Å². The molecule has 2 rings (SSSR count). The lowest BCUT2D eigenvalue weighted by Crippen LogP contribution is -2.39. The lowest BCUT2D eigenvalue weighted by Gasteiger charge is -2.27. The molecule has 0 unspecified atom stereocenters. The Morgan fingerprint density at radius 2 is 1.63 bits per heavy atom. The molecule has 1 aromatic rings. The second-order valence-electron chi connectivity index (χ2n) is 5.10. The van der Waals surface area contributed by atoms with Crippen molar-refractivity contribution in [1.29, 1.82) is 0 Å². The summed E-state index contributed by atoms with van der Waals surface area (Å²) in [5, 5.41) is 0. The molecule has 5 nitrogen and oxygen atoms in total. The summed E-state index contributed by atoms with van der Waals surface area (Å²) >= 11 is 0. The van der Waals surface area contributed by atoms with Crippen molar-refractivity contribution in [1.82, 2.24) is 4.31 Å². The number of nitrogens with two attached hydrogens (primary N) is 1. The smallest absolute Gasteiger partial charge is 0.301 e. The van der Waals surface area contributed by atoms with Gasteiger partial charge in [-0.15, -0.1) is 0 Å². The lowest BCUT2D eigenvalue weighted by molar-refractivity contribution is 0.349. The molecular weight excluding hydrogens is 262 g/mol. The van der Waals surface area contributed by atoms with E-state index in [1.54, 1.807) is 12.1 Å². The monoisotopic (exact) mass is 283 g/mol. The fourth-order valence-electron chi connectivity index (χ4n) is 2.46. The molecule has 0 radical (unpaired) electrons. The van der Waals surface area contributed by atoms with E-state index < -0.39 is 10.2 Å². The molecular formula is C13H21N3O2S. The summed E-state index contributed by atoms with van der Waals surface area (Å²) in [5.41, 5.74) is 8.73. The van der Waals surface area contributed by atoms with E-state index >= 15 is 0 Å². The molecule has 1 saturated heterocycles. The Balaban J connectivity index is 2.25. The predicted octanol–water partition coefficient (Wildman–Crippen LogP) is 2.03. The zero-order valence-electron chi connectivity index (χ0n) is 11.4. The van der Waals surface area contributed by atoms with Crippen molar-refractivity contribution in [2.45, 2.75) is 33.1 Å². The molecule has 0 aliphatic carbocycles. The molecule has 0 bridgehead atoms. The molecule has 1 aliphatic heterocycles.